The first-order valence-electron chi connectivity index (χ1n) is 3.86. The number of likely N-dealkylation sites (N-methyl/N-ethyl adjacent to an activating group) is 1. The van der Waals surface area contributed by atoms with Crippen LogP contribution in [0.3, 0.4) is 0 Å². The number of rotatable bonds is 1. The summed E-state index contributed by atoms with van der Waals surface area (Å²) >= 11 is 0. The van der Waals surface area contributed by atoms with Crippen LogP contribution in [0.5, 0.6) is 0 Å². The summed E-state index contributed by atoms with van der Waals surface area (Å²) in [6.45, 7) is 3.48. The molecule has 0 saturated carbocycles. The molecule has 0 radical (unpaired) electrons. The number of nitrogens with two attached hydrogens (primary N) is 1. The Morgan fingerprint density at radius 3 is 2.92 bits per heavy atom. The molecule has 0 spiro atoms. The maximum Gasteiger partial charge on any atom is 0.133 e. The Balaban J connectivity index is 3.06. The summed E-state index contributed by atoms with van der Waals surface area (Å²) in [6, 6.07) is -0.211. The lowest BCUT2D eigenvalue weighted by molar-refractivity contribution is 0.740. The predicted molar refractivity (Wildman–Crippen MR) is 55.2 cm³/mol. The van der Waals surface area contributed by atoms with Crippen LogP contribution < -0.4 is 5.73 Å². The highest BCUT2D eigenvalue weighted by molar-refractivity contribution is 5.98. The molecule has 0 bridgehead atoms. The SMILES string of the molecule is C=NC1C=C(N)N=CN(C)/C1=N/C. The average molecular weight is 179 g/mol. The topological polar surface area (TPSA) is 66.3 Å². The number of aliphatic imine (C=N–C) groups is 3. The third-order valence-corrected chi connectivity index (χ3v) is 1.76. The molecule has 1 aliphatic rings. The molecule has 0 saturated heterocycles. The largest absolute Gasteiger partial charge is 0.384 e. The first-order chi connectivity index (χ1) is 6.19. The van der Waals surface area contributed by atoms with Gasteiger partial charge in [0.05, 0.1) is 6.34 Å². The highest BCUT2D eigenvalue weighted by Crippen LogP contribution is 2.06. The van der Waals surface area contributed by atoms with Crippen LogP contribution in [0, 0.1) is 0 Å². The van der Waals surface area contributed by atoms with Gasteiger partial charge in [0.25, 0.3) is 0 Å². The van der Waals surface area contributed by atoms with Crippen molar-refractivity contribution in [3.63, 3.8) is 0 Å². The van der Waals surface area contributed by atoms with Crippen molar-refractivity contribution in [3.05, 3.63) is 11.9 Å². The van der Waals surface area contributed by atoms with Crippen molar-refractivity contribution in [2.75, 3.05) is 14.1 Å². The van der Waals surface area contributed by atoms with Crippen LogP contribution in [0.4, 0.5) is 0 Å². The van der Waals surface area contributed by atoms with Gasteiger partial charge in [-0.05, 0) is 12.8 Å². The van der Waals surface area contributed by atoms with Gasteiger partial charge in [-0.3, -0.25) is 9.98 Å². The van der Waals surface area contributed by atoms with Gasteiger partial charge in [0, 0.05) is 14.1 Å². The highest BCUT2D eigenvalue weighted by atomic mass is 15.2. The number of hydrogen-bond donors (Lipinski definition) is 1. The third-order valence-electron chi connectivity index (χ3n) is 1.76. The number of amidine groups is 1. The Morgan fingerprint density at radius 2 is 2.38 bits per heavy atom. The molecule has 5 heteroatoms. The second-order valence-corrected chi connectivity index (χ2v) is 2.66. The first kappa shape index (κ1) is 9.44. The van der Waals surface area contributed by atoms with E-state index >= 15 is 0 Å². The number of hydrogen-bond acceptors (Lipinski definition) is 4. The van der Waals surface area contributed by atoms with Crippen LogP contribution in [-0.4, -0.2) is 43.9 Å². The smallest absolute Gasteiger partial charge is 0.133 e. The molecule has 1 aliphatic heterocycles. The molecule has 2 N–H and O–H groups in total. The molecule has 0 aromatic carbocycles. The van der Waals surface area contributed by atoms with E-state index in [0.29, 0.717) is 5.82 Å². The lowest BCUT2D eigenvalue weighted by Crippen LogP contribution is -2.32. The summed E-state index contributed by atoms with van der Waals surface area (Å²) in [4.78, 5) is 13.7. The second kappa shape index (κ2) is 3.84. The fraction of sp³-hybridized carbons (Fsp3) is 0.375. The van der Waals surface area contributed by atoms with E-state index < -0.39 is 0 Å². The minimum atomic E-state index is -0.211. The lowest BCUT2D eigenvalue weighted by atomic mass is 10.2. The number of nitrogens with zero attached hydrogens (tertiary/aromatic N) is 4. The Hall–Kier alpha value is -1.65. The highest BCUT2D eigenvalue weighted by Gasteiger charge is 2.16. The minimum absolute atomic E-state index is 0.211. The lowest BCUT2D eigenvalue weighted by Gasteiger charge is -2.16. The van der Waals surface area contributed by atoms with Crippen molar-refractivity contribution in [1.82, 2.24) is 4.90 Å². The molecule has 1 unspecified atom stereocenters. The van der Waals surface area contributed by atoms with Crippen molar-refractivity contribution >= 4 is 18.9 Å². The van der Waals surface area contributed by atoms with Gasteiger partial charge in [-0.15, -0.1) is 0 Å². The molecule has 0 aromatic heterocycles. The molecule has 1 heterocycles. The Morgan fingerprint density at radius 1 is 1.69 bits per heavy atom. The van der Waals surface area contributed by atoms with Crippen molar-refractivity contribution < 1.29 is 0 Å². The second-order valence-electron chi connectivity index (χ2n) is 2.66. The van der Waals surface area contributed by atoms with Gasteiger partial charge in [-0.25, -0.2) is 4.99 Å². The van der Waals surface area contributed by atoms with Gasteiger partial charge in [0.1, 0.15) is 17.7 Å². The van der Waals surface area contributed by atoms with Gasteiger partial charge >= 0.3 is 0 Å². The summed E-state index contributed by atoms with van der Waals surface area (Å²) in [7, 11) is 3.55. The Kier molecular flexibility index (Phi) is 2.79. The summed E-state index contributed by atoms with van der Waals surface area (Å²) < 4.78 is 0. The molecule has 70 valence electrons. The summed E-state index contributed by atoms with van der Waals surface area (Å²) in [5.41, 5.74) is 5.57. The van der Waals surface area contributed by atoms with Crippen LogP contribution >= 0.6 is 0 Å². The molecule has 1 atom stereocenters. The van der Waals surface area contributed by atoms with E-state index in [9.17, 15) is 0 Å². The van der Waals surface area contributed by atoms with Gasteiger partial charge in [0.2, 0.25) is 0 Å². The van der Waals surface area contributed by atoms with E-state index in [0.717, 1.165) is 5.84 Å². The van der Waals surface area contributed by atoms with E-state index in [1.807, 2.05) is 7.05 Å². The van der Waals surface area contributed by atoms with E-state index in [4.69, 9.17) is 5.73 Å². The third kappa shape index (κ3) is 1.93. The molecule has 0 fully saturated rings. The zero-order valence-corrected chi connectivity index (χ0v) is 7.81. The Labute approximate surface area is 77.4 Å². The predicted octanol–water partition coefficient (Wildman–Crippen LogP) is -0.142. The van der Waals surface area contributed by atoms with E-state index in [2.05, 4.69) is 21.7 Å². The van der Waals surface area contributed by atoms with Gasteiger partial charge in [-0.2, -0.15) is 0 Å². The quantitative estimate of drug-likeness (QED) is 0.569. The minimum Gasteiger partial charge on any atom is -0.384 e. The van der Waals surface area contributed by atoms with E-state index in [1.165, 1.54) is 0 Å². The standard InChI is InChI=1S/C8H13N5/c1-10-6-4-7(9)12-5-13(3)8(6)11-2/h4-6H,1,9H2,2-3H3/b11-8+. The van der Waals surface area contributed by atoms with Crippen LogP contribution in [0.1, 0.15) is 0 Å². The molecule has 0 amide bonds. The van der Waals surface area contributed by atoms with E-state index in [1.54, 1.807) is 24.4 Å². The van der Waals surface area contributed by atoms with Gasteiger partial charge in [0.15, 0.2) is 0 Å². The van der Waals surface area contributed by atoms with Crippen LogP contribution in [-0.2, 0) is 0 Å². The zero-order valence-electron chi connectivity index (χ0n) is 7.81. The van der Waals surface area contributed by atoms with Crippen LogP contribution in [0.15, 0.2) is 26.9 Å². The van der Waals surface area contributed by atoms with Crippen LogP contribution in [0.25, 0.3) is 0 Å². The van der Waals surface area contributed by atoms with Crippen molar-refractivity contribution in [1.29, 1.82) is 0 Å². The molecule has 1 rings (SSSR count). The average Bonchev–Trinajstić information content (AvgIpc) is 2.26. The van der Waals surface area contributed by atoms with Crippen molar-refractivity contribution in [3.8, 4) is 0 Å². The van der Waals surface area contributed by atoms with E-state index in [-0.39, 0.29) is 6.04 Å². The monoisotopic (exact) mass is 179 g/mol. The summed E-state index contributed by atoms with van der Waals surface area (Å²) in [5.74, 6) is 1.21. The van der Waals surface area contributed by atoms with Crippen molar-refractivity contribution in [2.45, 2.75) is 6.04 Å². The summed E-state index contributed by atoms with van der Waals surface area (Å²) in [6.07, 6.45) is 3.33. The summed E-state index contributed by atoms with van der Waals surface area (Å²) in [5, 5.41) is 0. The molecule has 0 aliphatic carbocycles. The molecule has 13 heavy (non-hydrogen) atoms. The molecular weight excluding hydrogens is 166 g/mol. The fourth-order valence-electron chi connectivity index (χ4n) is 1.12. The molecule has 0 aromatic rings. The first-order valence-corrected chi connectivity index (χ1v) is 3.86. The fourth-order valence-corrected chi connectivity index (χ4v) is 1.12. The van der Waals surface area contributed by atoms with Gasteiger partial charge < -0.3 is 10.6 Å². The maximum absolute atomic E-state index is 5.57. The van der Waals surface area contributed by atoms with Gasteiger partial charge in [-0.1, -0.05) is 0 Å². The molecule has 5 nitrogen and oxygen atoms in total. The van der Waals surface area contributed by atoms with Crippen LogP contribution in [0.2, 0.25) is 0 Å². The van der Waals surface area contributed by atoms with Crippen molar-refractivity contribution in [2.24, 2.45) is 20.7 Å². The Bertz CT molecular complexity index is 289. The molecular formula is C8H13N5. The maximum atomic E-state index is 5.57. The normalized spacial score (nSPS) is 25.7. The zero-order chi connectivity index (χ0) is 9.84.